The standard InChI is InChI=1S/C9H17BrO2/c1-8(5-10)6-12-9-3-2-4-11-7-9/h8-9H,2-7H2,1H3. The Morgan fingerprint density at radius 1 is 1.67 bits per heavy atom. The van der Waals surface area contributed by atoms with Crippen LogP contribution in [-0.4, -0.2) is 31.3 Å². The van der Waals surface area contributed by atoms with E-state index in [1.165, 1.54) is 0 Å². The number of halogens is 1. The summed E-state index contributed by atoms with van der Waals surface area (Å²) in [5.74, 6) is 0.604. The lowest BCUT2D eigenvalue weighted by atomic mass is 10.1. The lowest BCUT2D eigenvalue weighted by Crippen LogP contribution is -2.27. The third-order valence-electron chi connectivity index (χ3n) is 2.00. The third kappa shape index (κ3) is 3.87. The van der Waals surface area contributed by atoms with Gasteiger partial charge in [-0.25, -0.2) is 0 Å². The van der Waals surface area contributed by atoms with Crippen molar-refractivity contribution >= 4 is 15.9 Å². The van der Waals surface area contributed by atoms with Crippen LogP contribution < -0.4 is 0 Å². The number of rotatable bonds is 4. The van der Waals surface area contributed by atoms with Gasteiger partial charge in [0.05, 0.1) is 19.3 Å². The molecule has 0 aromatic heterocycles. The van der Waals surface area contributed by atoms with Gasteiger partial charge >= 0.3 is 0 Å². The van der Waals surface area contributed by atoms with Gasteiger partial charge in [-0.2, -0.15) is 0 Å². The summed E-state index contributed by atoms with van der Waals surface area (Å²) in [5.41, 5.74) is 0. The zero-order valence-corrected chi connectivity index (χ0v) is 9.18. The van der Waals surface area contributed by atoms with E-state index >= 15 is 0 Å². The molecule has 0 radical (unpaired) electrons. The van der Waals surface area contributed by atoms with E-state index in [4.69, 9.17) is 9.47 Å². The van der Waals surface area contributed by atoms with Gasteiger partial charge in [-0.1, -0.05) is 22.9 Å². The second-order valence-electron chi connectivity index (χ2n) is 3.43. The Morgan fingerprint density at radius 3 is 3.08 bits per heavy atom. The smallest absolute Gasteiger partial charge is 0.0809 e. The van der Waals surface area contributed by atoms with Gasteiger partial charge in [-0.15, -0.1) is 0 Å². The van der Waals surface area contributed by atoms with Crippen molar-refractivity contribution in [1.29, 1.82) is 0 Å². The zero-order chi connectivity index (χ0) is 8.81. The fourth-order valence-corrected chi connectivity index (χ4v) is 1.37. The van der Waals surface area contributed by atoms with Crippen molar-refractivity contribution in [2.24, 2.45) is 5.92 Å². The molecule has 1 heterocycles. The molecule has 2 atom stereocenters. The lowest BCUT2D eigenvalue weighted by Gasteiger charge is -2.23. The number of hydrogen-bond donors (Lipinski definition) is 0. The van der Waals surface area contributed by atoms with Crippen molar-refractivity contribution in [3.8, 4) is 0 Å². The van der Waals surface area contributed by atoms with E-state index in [1.54, 1.807) is 0 Å². The van der Waals surface area contributed by atoms with Gasteiger partial charge in [0, 0.05) is 11.9 Å². The molecule has 0 bridgehead atoms. The number of hydrogen-bond acceptors (Lipinski definition) is 2. The second-order valence-corrected chi connectivity index (χ2v) is 4.08. The van der Waals surface area contributed by atoms with Crippen LogP contribution in [0.25, 0.3) is 0 Å². The van der Waals surface area contributed by atoms with E-state index in [0.29, 0.717) is 12.0 Å². The van der Waals surface area contributed by atoms with Gasteiger partial charge in [-0.05, 0) is 18.8 Å². The van der Waals surface area contributed by atoms with E-state index in [1.807, 2.05) is 0 Å². The Balaban J connectivity index is 2.05. The van der Waals surface area contributed by atoms with Crippen LogP contribution in [0, 0.1) is 5.92 Å². The average molecular weight is 237 g/mol. The first kappa shape index (κ1) is 10.5. The van der Waals surface area contributed by atoms with Crippen LogP contribution in [0.2, 0.25) is 0 Å². The zero-order valence-electron chi connectivity index (χ0n) is 7.59. The van der Waals surface area contributed by atoms with Crippen LogP contribution in [0.5, 0.6) is 0 Å². The SMILES string of the molecule is CC(CBr)COC1CCCOC1. The molecule has 1 rings (SSSR count). The summed E-state index contributed by atoms with van der Waals surface area (Å²) in [4.78, 5) is 0. The molecule has 1 aliphatic heterocycles. The van der Waals surface area contributed by atoms with Gasteiger partial charge in [0.15, 0.2) is 0 Å². The Kier molecular flexibility index (Phi) is 5.19. The molecule has 0 aromatic rings. The second kappa shape index (κ2) is 5.95. The van der Waals surface area contributed by atoms with Gasteiger partial charge in [0.2, 0.25) is 0 Å². The van der Waals surface area contributed by atoms with Crippen LogP contribution in [0.3, 0.4) is 0 Å². The molecule has 72 valence electrons. The minimum Gasteiger partial charge on any atom is -0.379 e. The summed E-state index contributed by atoms with van der Waals surface area (Å²) in [6.07, 6.45) is 2.66. The van der Waals surface area contributed by atoms with Crippen molar-refractivity contribution in [3.05, 3.63) is 0 Å². The quantitative estimate of drug-likeness (QED) is 0.698. The van der Waals surface area contributed by atoms with Crippen LogP contribution in [0.4, 0.5) is 0 Å². The largest absolute Gasteiger partial charge is 0.379 e. The van der Waals surface area contributed by atoms with Crippen molar-refractivity contribution < 1.29 is 9.47 Å². The molecule has 1 saturated heterocycles. The summed E-state index contributed by atoms with van der Waals surface area (Å²) in [7, 11) is 0. The molecule has 0 amide bonds. The van der Waals surface area contributed by atoms with Crippen molar-refractivity contribution in [2.45, 2.75) is 25.9 Å². The molecule has 2 unspecified atom stereocenters. The Morgan fingerprint density at radius 2 is 2.50 bits per heavy atom. The fraction of sp³-hybridized carbons (Fsp3) is 1.00. The van der Waals surface area contributed by atoms with Gasteiger partial charge in [0.1, 0.15) is 0 Å². The van der Waals surface area contributed by atoms with E-state index in [2.05, 4.69) is 22.9 Å². The highest BCUT2D eigenvalue weighted by Crippen LogP contribution is 2.11. The molecular weight excluding hydrogens is 220 g/mol. The van der Waals surface area contributed by atoms with E-state index in [-0.39, 0.29) is 0 Å². The van der Waals surface area contributed by atoms with Gasteiger partial charge in [0.25, 0.3) is 0 Å². The number of alkyl halides is 1. The monoisotopic (exact) mass is 236 g/mol. The fourth-order valence-electron chi connectivity index (χ4n) is 1.19. The summed E-state index contributed by atoms with van der Waals surface area (Å²) >= 11 is 3.43. The molecular formula is C9H17BrO2. The lowest BCUT2D eigenvalue weighted by molar-refractivity contribution is -0.0565. The maximum atomic E-state index is 5.68. The molecule has 0 spiro atoms. The molecule has 1 aliphatic rings. The van der Waals surface area contributed by atoms with Crippen LogP contribution in [0.1, 0.15) is 19.8 Å². The molecule has 0 saturated carbocycles. The molecule has 1 fully saturated rings. The highest BCUT2D eigenvalue weighted by atomic mass is 79.9. The molecule has 12 heavy (non-hydrogen) atoms. The maximum absolute atomic E-state index is 5.68. The predicted molar refractivity (Wildman–Crippen MR) is 52.8 cm³/mol. The van der Waals surface area contributed by atoms with E-state index < -0.39 is 0 Å². The van der Waals surface area contributed by atoms with Crippen molar-refractivity contribution in [3.63, 3.8) is 0 Å². The summed E-state index contributed by atoms with van der Waals surface area (Å²) in [5, 5.41) is 1.01. The topological polar surface area (TPSA) is 18.5 Å². The van der Waals surface area contributed by atoms with Gasteiger partial charge < -0.3 is 9.47 Å². The van der Waals surface area contributed by atoms with Crippen LogP contribution >= 0.6 is 15.9 Å². The normalized spacial score (nSPS) is 27.0. The average Bonchev–Trinajstić information content (AvgIpc) is 2.16. The highest BCUT2D eigenvalue weighted by Gasteiger charge is 2.14. The van der Waals surface area contributed by atoms with E-state index in [9.17, 15) is 0 Å². The first-order valence-corrected chi connectivity index (χ1v) is 5.70. The van der Waals surface area contributed by atoms with Crippen molar-refractivity contribution in [2.75, 3.05) is 25.2 Å². The van der Waals surface area contributed by atoms with Crippen molar-refractivity contribution in [1.82, 2.24) is 0 Å². The minimum absolute atomic E-state index is 0.347. The molecule has 3 heteroatoms. The first-order chi connectivity index (χ1) is 5.83. The highest BCUT2D eigenvalue weighted by molar-refractivity contribution is 9.09. The predicted octanol–water partition coefficient (Wildman–Crippen LogP) is 2.21. The minimum atomic E-state index is 0.347. The van der Waals surface area contributed by atoms with Crippen LogP contribution in [-0.2, 0) is 9.47 Å². The Bertz CT molecular complexity index is 113. The maximum Gasteiger partial charge on any atom is 0.0809 e. The van der Waals surface area contributed by atoms with E-state index in [0.717, 1.165) is 38.0 Å². The Hall–Kier alpha value is 0.400. The summed E-state index contributed by atoms with van der Waals surface area (Å²) < 4.78 is 11.0. The Labute approximate surface area is 82.7 Å². The molecule has 0 aromatic carbocycles. The van der Waals surface area contributed by atoms with Crippen LogP contribution in [0.15, 0.2) is 0 Å². The first-order valence-electron chi connectivity index (χ1n) is 4.58. The van der Waals surface area contributed by atoms with Gasteiger partial charge in [-0.3, -0.25) is 0 Å². The third-order valence-corrected chi connectivity index (χ3v) is 3.10. The summed E-state index contributed by atoms with van der Waals surface area (Å²) in [6.45, 7) is 4.72. The summed E-state index contributed by atoms with van der Waals surface area (Å²) in [6, 6.07) is 0. The molecule has 0 N–H and O–H groups in total. The molecule has 0 aliphatic carbocycles. The molecule has 2 nitrogen and oxygen atoms in total. The number of ether oxygens (including phenoxy) is 2.